The summed E-state index contributed by atoms with van der Waals surface area (Å²) in [7, 11) is 0. The Morgan fingerprint density at radius 3 is 2.04 bits per heavy atom. The quantitative estimate of drug-likeness (QED) is 0.126. The Kier molecular flexibility index (Phi) is 5.25. The molecule has 4 heterocycles. The molecular weight excluding hydrogens is 1080 g/mol. The van der Waals surface area contributed by atoms with E-state index >= 15 is 10.2 Å². The summed E-state index contributed by atoms with van der Waals surface area (Å²) in [6, 6.07) is 8.42. The van der Waals surface area contributed by atoms with Gasteiger partial charge in [-0.25, -0.2) is 9.59 Å². The van der Waals surface area contributed by atoms with E-state index in [9.17, 15) is 40.2 Å². The van der Waals surface area contributed by atoms with Gasteiger partial charge in [0.1, 0.15) is 11.5 Å². The van der Waals surface area contributed by atoms with Crippen molar-refractivity contribution in [3.05, 3.63) is 232 Å². The standard InChI is InChI=1S/C64H24O14.2CO2/c65-32-12-20-9-21-6-2-18-3-7-23-10-19-11-30-39-34-35-45-47-42-29(15-24-14-28(32)41-38(20)55(73)50(46(35)58(41)56(24,47)75-58)61(36(19)34)57(23,76-61)49(18)54(21,55)72)33(52(69)70)25-8-4-17-1-5-22-13-26-27(51(67)68)16-31(48(30)66)43-44(26)62(74)53(22,71)37(17)40(25)60(42)64(62,78-60)63(45)59(39,43)77-63;2*2-1-3/h1-16,65-66,71-74H,(H,67,68)(H,69,70);;/t53-,54+,55+,56-,57+,58-,59-,60-,61+,62-,63-,64+;;/m1../s1. The fraction of sp³-hybridized carbons (Fsp3) is 0.182. The van der Waals surface area contributed by atoms with Crippen molar-refractivity contribution < 1.29 is 88.6 Å². The number of phenolic OH excluding ortho intramolecular Hbond substituents is 1. The summed E-state index contributed by atoms with van der Waals surface area (Å²) in [6.45, 7) is 0. The van der Waals surface area contributed by atoms with E-state index in [2.05, 4.69) is 0 Å². The van der Waals surface area contributed by atoms with Gasteiger partial charge in [-0.3, -0.25) is 0 Å². The Hall–Kier alpha value is -9.52. The summed E-state index contributed by atoms with van der Waals surface area (Å²) < 4.78 is 31.7. The predicted octanol–water partition coefficient (Wildman–Crippen LogP) is 0.337. The molecule has 0 unspecified atom stereocenters. The van der Waals surface area contributed by atoms with E-state index in [0.29, 0.717) is 122 Å². The fourth-order valence-corrected chi connectivity index (χ4v) is 22.6. The van der Waals surface area contributed by atoms with E-state index in [4.69, 9.17) is 38.1 Å². The van der Waals surface area contributed by atoms with Crippen molar-refractivity contribution in [3.63, 3.8) is 0 Å². The second kappa shape index (κ2) is 10.4. The number of aromatic hydroxyl groups is 1. The number of ether oxygens (including phenoxy) is 4. The van der Waals surface area contributed by atoms with Gasteiger partial charge in [0.15, 0.2) is 67.2 Å². The number of rotatable bonds is 2. The zero-order chi connectivity index (χ0) is 56.3. The van der Waals surface area contributed by atoms with E-state index in [0.717, 1.165) is 0 Å². The van der Waals surface area contributed by atoms with Crippen LogP contribution < -0.4 is 20.9 Å². The first-order valence-corrected chi connectivity index (χ1v) is 27.2. The molecule has 26 rings (SSSR count). The number of carbonyl (C=O) groups excluding carboxylic acids is 4. The van der Waals surface area contributed by atoms with Gasteiger partial charge in [0.2, 0.25) is 0 Å². The monoisotopic (exact) mass is 1100 g/mol. The topological polar surface area (TPSA) is 314 Å². The number of carboxylic acid groups (broad SMARTS) is 2. The highest BCUT2D eigenvalue weighted by Gasteiger charge is 3.10. The summed E-state index contributed by atoms with van der Waals surface area (Å²) in [5, 5.41) is 110. The van der Waals surface area contributed by atoms with E-state index in [-0.39, 0.29) is 78.4 Å². The highest BCUT2D eigenvalue weighted by Crippen LogP contribution is 3.00. The molecule has 4 saturated heterocycles. The molecule has 12 atom stereocenters. The maximum atomic E-state index is 15.3. The van der Waals surface area contributed by atoms with E-state index < -0.39 is 79.2 Å². The van der Waals surface area contributed by atoms with Crippen LogP contribution in [0.15, 0.2) is 134 Å². The molecule has 0 aromatic heterocycles. The molecule has 5 fully saturated rings. The number of carbonyl (C=O) groups is 2. The second-order valence-corrected chi connectivity index (χ2v) is 25.6. The molecule has 18 aliphatic carbocycles. The van der Waals surface area contributed by atoms with Crippen LogP contribution in [-0.2, 0) is 82.1 Å². The molecule has 18 nitrogen and oxygen atoms in total. The number of hydrogen-bond acceptors (Lipinski definition) is 16. The van der Waals surface area contributed by atoms with Crippen molar-refractivity contribution >= 4 is 71.5 Å². The second-order valence-electron chi connectivity index (χ2n) is 25.6. The van der Waals surface area contributed by atoms with Crippen molar-refractivity contribution in [1.82, 2.24) is 0 Å². The summed E-state index contributed by atoms with van der Waals surface area (Å²) in [5.41, 5.74) is -12.3. The highest BCUT2D eigenvalue weighted by molar-refractivity contribution is 6.21. The van der Waals surface area contributed by atoms with Gasteiger partial charge in [0, 0.05) is 94.3 Å². The lowest BCUT2D eigenvalue weighted by Gasteiger charge is -2.66. The summed E-state index contributed by atoms with van der Waals surface area (Å²) in [4.78, 5) is 60.9. The van der Waals surface area contributed by atoms with Crippen molar-refractivity contribution in [2.45, 2.75) is 67.2 Å². The number of epoxide rings is 4. The van der Waals surface area contributed by atoms with Crippen LogP contribution in [-0.4, -0.2) is 93.1 Å². The third-order valence-corrected chi connectivity index (χ3v) is 24.2. The van der Waals surface area contributed by atoms with E-state index in [1.165, 1.54) is 6.07 Å². The van der Waals surface area contributed by atoms with Gasteiger partial charge in [-0.1, -0.05) is 48.6 Å². The Morgan fingerprint density at radius 2 is 1.26 bits per heavy atom. The number of benzene rings is 4. The van der Waals surface area contributed by atoms with Crippen LogP contribution in [0.1, 0.15) is 82.7 Å². The first-order chi connectivity index (χ1) is 40.4. The summed E-state index contributed by atoms with van der Waals surface area (Å²) >= 11 is 0. The van der Waals surface area contributed by atoms with Crippen LogP contribution in [0.4, 0.5) is 0 Å². The lowest BCUT2D eigenvalue weighted by Crippen LogP contribution is -2.79. The van der Waals surface area contributed by atoms with Crippen molar-refractivity contribution in [1.29, 1.82) is 0 Å². The maximum Gasteiger partial charge on any atom is 0.373 e. The first kappa shape index (κ1) is 42.3. The van der Waals surface area contributed by atoms with Gasteiger partial charge in [-0.05, 0) is 120 Å². The number of aliphatic hydroxyl groups is 5. The average Bonchev–Trinajstić information content (AvgIpc) is 1.35. The van der Waals surface area contributed by atoms with E-state index in [1.807, 2.05) is 54.7 Å². The number of aromatic carboxylic acids is 1. The number of aliphatic hydroxyl groups excluding tert-OH is 1. The van der Waals surface area contributed by atoms with Gasteiger partial charge >= 0.3 is 24.2 Å². The Labute approximate surface area is 463 Å². The van der Waals surface area contributed by atoms with Gasteiger partial charge < -0.3 is 59.8 Å². The number of carboxylic acids is 2. The van der Waals surface area contributed by atoms with Crippen LogP contribution in [0.5, 0.6) is 5.75 Å². The minimum atomic E-state index is -2.65. The third kappa shape index (κ3) is 2.76. The predicted molar refractivity (Wildman–Crippen MR) is 272 cm³/mol. The highest BCUT2D eigenvalue weighted by atomic mass is 16.7. The molecule has 8 N–H and O–H groups in total. The van der Waals surface area contributed by atoms with Crippen LogP contribution >= 0.6 is 0 Å². The van der Waals surface area contributed by atoms with Crippen molar-refractivity contribution in [2.75, 3.05) is 0 Å². The number of allylic oxidation sites excluding steroid dienone is 4. The first-order valence-electron chi connectivity index (χ1n) is 27.2. The molecule has 18 heteroatoms. The molecule has 0 amide bonds. The molecule has 4 aromatic carbocycles. The smallest absolute Gasteiger partial charge is 0.373 e. The zero-order valence-corrected chi connectivity index (χ0v) is 41.9. The van der Waals surface area contributed by atoms with Crippen LogP contribution in [0, 0.1) is 0 Å². The summed E-state index contributed by atoms with van der Waals surface area (Å²) in [6.07, 6.45) is 20.7. The average molecular weight is 1100 g/mol. The number of phenols is 1. The largest absolute Gasteiger partial charge is 0.507 e. The van der Waals surface area contributed by atoms with Gasteiger partial charge in [-0.2, -0.15) is 19.2 Å². The van der Waals surface area contributed by atoms with Crippen molar-refractivity contribution in [3.8, 4) is 5.75 Å². The molecule has 396 valence electrons. The molecule has 1 saturated carbocycles. The van der Waals surface area contributed by atoms with Crippen molar-refractivity contribution in [2.24, 2.45) is 0 Å². The van der Waals surface area contributed by atoms with Gasteiger partial charge in [-0.15, -0.1) is 0 Å². The van der Waals surface area contributed by atoms with Crippen LogP contribution in [0.3, 0.4) is 0 Å². The van der Waals surface area contributed by atoms with Gasteiger partial charge in [0.05, 0.1) is 11.1 Å². The molecule has 4 aliphatic heterocycles. The number of hydrogen-bond donors (Lipinski definition) is 8. The van der Waals surface area contributed by atoms with Crippen LogP contribution in [0.2, 0.25) is 0 Å². The Balaban J connectivity index is 0.000000737. The molecule has 8 spiro atoms. The lowest BCUT2D eigenvalue weighted by molar-refractivity contribution is -0.203. The third-order valence-electron chi connectivity index (χ3n) is 24.2. The lowest BCUT2D eigenvalue weighted by atomic mass is 9.33. The molecular formula is C66H24O18. The zero-order valence-electron chi connectivity index (χ0n) is 41.9. The minimum absolute atomic E-state index is 0.0361. The molecule has 22 aliphatic rings. The number of aliphatic carboxylic acids is 1. The summed E-state index contributed by atoms with van der Waals surface area (Å²) in [5.74, 6) is -3.00. The van der Waals surface area contributed by atoms with E-state index in [1.54, 1.807) is 36.4 Å². The maximum absolute atomic E-state index is 15.3. The molecule has 0 radical (unpaired) electrons. The fourth-order valence-electron chi connectivity index (χ4n) is 22.6. The molecule has 4 aromatic rings. The Morgan fingerprint density at radius 1 is 0.524 bits per heavy atom. The normalized spacial score (nSPS) is 42.5. The van der Waals surface area contributed by atoms with Crippen LogP contribution in [0.25, 0.3) is 47.3 Å². The van der Waals surface area contributed by atoms with Gasteiger partial charge in [0.25, 0.3) is 0 Å². The minimum Gasteiger partial charge on any atom is -0.507 e. The molecule has 84 heavy (non-hydrogen) atoms. The SMILES string of the molecule is O=C(O)C1=c2ccc3c4c2[C@]25O[C@@]26[C@]27O[C@@]28c2c(cc9c%10c2C2=C7C7=C5C1=CC1=Cc5c(O)cc%11c%12c5[C@@]5(O[C@]175)C2=C1[C@]%12(O)[C@]2(O)C(=C%11)C=CC5=C2[C@@]2(O[C@]1%102)C(=C9)C=C5)C(O)=c1cc(C(=O)O)c2c(c18)[C@@]6(O)[C@@]4(O)C(=CC=3)C=2.O=C=O.O=C=O. The molecule has 0 bridgehead atoms. The Bertz CT molecular complexity index is 5620.